The van der Waals surface area contributed by atoms with Crippen LogP contribution >= 0.6 is 0 Å². The summed E-state index contributed by atoms with van der Waals surface area (Å²) in [6.45, 7) is 8.18. The molecule has 0 radical (unpaired) electrons. The molecule has 2 aromatic heterocycles. The average molecular weight is 272 g/mol. The summed E-state index contributed by atoms with van der Waals surface area (Å²) in [6, 6.07) is 1.47. The Hall–Kier alpha value is -2.17. The van der Waals surface area contributed by atoms with E-state index in [1.54, 1.807) is 17.7 Å². The molecule has 0 aliphatic heterocycles. The van der Waals surface area contributed by atoms with Crippen LogP contribution in [0.4, 0.5) is 0 Å². The van der Waals surface area contributed by atoms with Crippen LogP contribution < -0.4 is 5.56 Å². The van der Waals surface area contributed by atoms with Crippen LogP contribution in [0.2, 0.25) is 0 Å². The zero-order valence-electron chi connectivity index (χ0n) is 12.6. The molecule has 0 unspecified atom stereocenters. The first-order valence-corrected chi connectivity index (χ1v) is 6.56. The molecular weight excluding hydrogens is 252 g/mol. The van der Waals surface area contributed by atoms with Crippen LogP contribution in [0.3, 0.4) is 0 Å². The minimum atomic E-state index is -0.139. The van der Waals surface area contributed by atoms with Crippen molar-refractivity contribution in [2.75, 3.05) is 0 Å². The predicted octanol–water partition coefficient (Wildman–Crippen LogP) is 2.28. The maximum absolute atomic E-state index is 11.4. The molecule has 0 spiro atoms. The lowest BCUT2D eigenvalue weighted by molar-refractivity contribution is 0.552. The van der Waals surface area contributed by atoms with Crippen molar-refractivity contribution >= 4 is 12.2 Å². The Morgan fingerprint density at radius 3 is 2.60 bits per heavy atom. The normalized spacial score (nSPS) is 12.2. The molecular formula is C15H20N4O. The second-order valence-corrected chi connectivity index (χ2v) is 5.96. The van der Waals surface area contributed by atoms with E-state index in [4.69, 9.17) is 0 Å². The first-order valence-electron chi connectivity index (χ1n) is 6.56. The fourth-order valence-electron chi connectivity index (χ4n) is 2.06. The van der Waals surface area contributed by atoms with Gasteiger partial charge in [-0.3, -0.25) is 9.48 Å². The van der Waals surface area contributed by atoms with Crippen molar-refractivity contribution in [1.82, 2.24) is 19.7 Å². The van der Waals surface area contributed by atoms with Gasteiger partial charge in [-0.2, -0.15) is 5.10 Å². The summed E-state index contributed by atoms with van der Waals surface area (Å²) in [6.07, 6.45) is 5.71. The average Bonchev–Trinajstić information content (AvgIpc) is 2.66. The van der Waals surface area contributed by atoms with Crippen molar-refractivity contribution < 1.29 is 0 Å². The molecule has 20 heavy (non-hydrogen) atoms. The topological polar surface area (TPSA) is 63.6 Å². The van der Waals surface area contributed by atoms with E-state index in [1.165, 1.54) is 6.07 Å². The molecule has 0 fully saturated rings. The number of H-pyrrole nitrogens is 1. The van der Waals surface area contributed by atoms with Crippen molar-refractivity contribution in [2.45, 2.75) is 33.1 Å². The lowest BCUT2D eigenvalue weighted by atomic mass is 9.89. The molecule has 1 N–H and O–H groups in total. The van der Waals surface area contributed by atoms with Gasteiger partial charge in [0.15, 0.2) is 0 Å². The molecule has 0 bridgehead atoms. The Balaban J connectivity index is 2.39. The monoisotopic (exact) mass is 272 g/mol. The smallest absolute Gasteiger partial charge is 0.251 e. The molecule has 0 saturated carbocycles. The van der Waals surface area contributed by atoms with E-state index in [0.717, 1.165) is 11.3 Å². The lowest BCUT2D eigenvalue weighted by Crippen LogP contribution is -2.13. The van der Waals surface area contributed by atoms with Gasteiger partial charge in [0.25, 0.3) is 5.56 Å². The van der Waals surface area contributed by atoms with Crippen molar-refractivity contribution in [3.8, 4) is 0 Å². The lowest BCUT2D eigenvalue weighted by Gasteiger charge is -2.16. The Morgan fingerprint density at radius 2 is 2.00 bits per heavy atom. The summed E-state index contributed by atoms with van der Waals surface area (Å²) >= 11 is 0. The molecule has 2 aromatic rings. The van der Waals surface area contributed by atoms with Gasteiger partial charge >= 0.3 is 0 Å². The summed E-state index contributed by atoms with van der Waals surface area (Å²) in [4.78, 5) is 18.4. The molecule has 0 aliphatic carbocycles. The van der Waals surface area contributed by atoms with Crippen molar-refractivity contribution in [3.05, 3.63) is 45.4 Å². The second kappa shape index (κ2) is 5.07. The van der Waals surface area contributed by atoms with E-state index in [9.17, 15) is 4.79 Å². The van der Waals surface area contributed by atoms with Gasteiger partial charge in [-0.15, -0.1) is 0 Å². The molecule has 2 rings (SSSR count). The van der Waals surface area contributed by atoms with Gasteiger partial charge in [0.2, 0.25) is 0 Å². The summed E-state index contributed by atoms with van der Waals surface area (Å²) in [5.41, 5.74) is 2.58. The molecule has 0 amide bonds. The van der Waals surface area contributed by atoms with Gasteiger partial charge in [-0.25, -0.2) is 4.98 Å². The van der Waals surface area contributed by atoms with Crippen molar-refractivity contribution in [1.29, 1.82) is 0 Å². The molecule has 5 nitrogen and oxygen atoms in total. The highest BCUT2D eigenvalue weighted by atomic mass is 16.1. The van der Waals surface area contributed by atoms with E-state index in [1.807, 2.05) is 19.3 Å². The fourth-order valence-corrected chi connectivity index (χ4v) is 2.06. The van der Waals surface area contributed by atoms with Gasteiger partial charge < -0.3 is 4.98 Å². The summed E-state index contributed by atoms with van der Waals surface area (Å²) in [7, 11) is 1.90. The van der Waals surface area contributed by atoms with Crippen LogP contribution in [0.15, 0.2) is 17.1 Å². The third kappa shape index (κ3) is 3.23. The Labute approximate surface area is 118 Å². The van der Waals surface area contributed by atoms with E-state index in [-0.39, 0.29) is 11.0 Å². The number of hydrogen-bond acceptors (Lipinski definition) is 3. The number of nitrogens with one attached hydrogen (secondary N) is 1. The number of aromatic amines is 1. The standard InChI is InChI=1S/C15H20N4O/c1-10-8-13(20)17-12(16-10)7-6-11-9-19(5)18-14(11)15(2,3)4/h6-9H,1-5H3,(H,16,17,20)/b7-6+. The van der Waals surface area contributed by atoms with Crippen LogP contribution in [0, 0.1) is 6.92 Å². The molecule has 0 saturated heterocycles. The third-order valence-electron chi connectivity index (χ3n) is 2.88. The minimum absolute atomic E-state index is 0.0334. The third-order valence-corrected chi connectivity index (χ3v) is 2.88. The molecule has 106 valence electrons. The number of nitrogens with zero attached hydrogens (tertiary/aromatic N) is 3. The Kier molecular flexibility index (Phi) is 3.61. The second-order valence-electron chi connectivity index (χ2n) is 5.96. The molecule has 0 aliphatic rings. The van der Waals surface area contributed by atoms with Gasteiger partial charge in [0.1, 0.15) is 5.82 Å². The van der Waals surface area contributed by atoms with Crippen molar-refractivity contribution in [2.24, 2.45) is 7.05 Å². The number of aryl methyl sites for hydroxylation is 2. The summed E-state index contributed by atoms with van der Waals surface area (Å²) in [5.74, 6) is 0.554. The maximum Gasteiger partial charge on any atom is 0.251 e. The van der Waals surface area contributed by atoms with Gasteiger partial charge in [0.05, 0.1) is 5.69 Å². The summed E-state index contributed by atoms with van der Waals surface area (Å²) in [5, 5.41) is 4.50. The van der Waals surface area contributed by atoms with E-state index >= 15 is 0 Å². The van der Waals surface area contributed by atoms with Crippen LogP contribution in [0.1, 0.15) is 43.5 Å². The van der Waals surface area contributed by atoms with E-state index in [0.29, 0.717) is 11.5 Å². The largest absolute Gasteiger partial charge is 0.307 e. The summed E-state index contributed by atoms with van der Waals surface area (Å²) < 4.78 is 1.80. The molecule has 0 atom stereocenters. The minimum Gasteiger partial charge on any atom is -0.307 e. The van der Waals surface area contributed by atoms with Crippen LogP contribution in [0.5, 0.6) is 0 Å². The predicted molar refractivity (Wildman–Crippen MR) is 80.4 cm³/mol. The number of hydrogen-bond donors (Lipinski definition) is 1. The molecule has 0 aromatic carbocycles. The van der Waals surface area contributed by atoms with Crippen LogP contribution in [-0.2, 0) is 12.5 Å². The highest BCUT2D eigenvalue weighted by Crippen LogP contribution is 2.25. The van der Waals surface area contributed by atoms with E-state index < -0.39 is 0 Å². The van der Waals surface area contributed by atoms with Gasteiger partial charge in [-0.1, -0.05) is 20.8 Å². The molecule has 5 heteroatoms. The zero-order valence-corrected chi connectivity index (χ0v) is 12.6. The highest BCUT2D eigenvalue weighted by Gasteiger charge is 2.20. The van der Waals surface area contributed by atoms with E-state index in [2.05, 4.69) is 35.8 Å². The Bertz CT molecular complexity index is 701. The van der Waals surface area contributed by atoms with Gasteiger partial charge in [0, 0.05) is 36.0 Å². The van der Waals surface area contributed by atoms with Gasteiger partial charge in [-0.05, 0) is 19.1 Å². The Morgan fingerprint density at radius 1 is 1.30 bits per heavy atom. The van der Waals surface area contributed by atoms with Crippen LogP contribution in [-0.4, -0.2) is 19.7 Å². The SMILES string of the molecule is Cc1cc(=O)[nH]c(/C=C/c2cn(C)nc2C(C)(C)C)n1. The quantitative estimate of drug-likeness (QED) is 0.912. The van der Waals surface area contributed by atoms with Crippen molar-refractivity contribution in [3.63, 3.8) is 0 Å². The fraction of sp³-hybridized carbons (Fsp3) is 0.400. The number of aromatic nitrogens is 4. The highest BCUT2D eigenvalue weighted by molar-refractivity contribution is 5.68. The number of rotatable bonds is 2. The first-order chi connectivity index (χ1) is 9.25. The first kappa shape index (κ1) is 14.2. The van der Waals surface area contributed by atoms with Crippen LogP contribution in [0.25, 0.3) is 12.2 Å². The zero-order chi connectivity index (χ0) is 14.9. The maximum atomic E-state index is 11.4. The molecule has 2 heterocycles.